The second-order valence-electron chi connectivity index (χ2n) is 4.75. The van der Waals surface area contributed by atoms with Gasteiger partial charge in [0, 0.05) is 5.56 Å². The van der Waals surface area contributed by atoms with Crippen molar-refractivity contribution in [1.29, 1.82) is 0 Å². The van der Waals surface area contributed by atoms with Crippen LogP contribution in [0.4, 0.5) is 4.39 Å². The van der Waals surface area contributed by atoms with E-state index in [-0.39, 0.29) is 11.6 Å². The molecule has 1 N–H and O–H groups in total. The molecule has 0 bridgehead atoms. The van der Waals surface area contributed by atoms with Crippen LogP contribution in [0.2, 0.25) is 5.02 Å². The van der Waals surface area contributed by atoms with Crippen LogP contribution in [0.25, 0.3) is 0 Å². The van der Waals surface area contributed by atoms with Crippen molar-refractivity contribution < 1.29 is 14.2 Å². The van der Waals surface area contributed by atoms with Crippen LogP contribution in [0.15, 0.2) is 36.4 Å². The van der Waals surface area contributed by atoms with E-state index >= 15 is 0 Å². The van der Waals surface area contributed by atoms with Gasteiger partial charge in [-0.05, 0) is 43.7 Å². The topological polar surface area (TPSA) is 29.5 Å². The van der Waals surface area contributed by atoms with Crippen LogP contribution in [0.5, 0.6) is 5.75 Å². The number of hydrogen-bond donors (Lipinski definition) is 1. The van der Waals surface area contributed by atoms with Crippen LogP contribution in [0.1, 0.15) is 29.7 Å². The van der Waals surface area contributed by atoms with E-state index in [1.54, 1.807) is 13.0 Å². The minimum atomic E-state index is -0.610. The molecule has 2 rings (SSSR count). The van der Waals surface area contributed by atoms with Gasteiger partial charge in [-0.2, -0.15) is 0 Å². The zero-order valence-electron chi connectivity index (χ0n) is 11.4. The number of halogens is 2. The van der Waals surface area contributed by atoms with Gasteiger partial charge in [-0.25, -0.2) is 4.39 Å². The number of aliphatic hydroxyl groups excluding tert-OH is 1. The summed E-state index contributed by atoms with van der Waals surface area (Å²) in [5.74, 6) is 0.168. The Bertz CT molecular complexity index is 611. The maximum atomic E-state index is 13.1. The average molecular weight is 295 g/mol. The highest BCUT2D eigenvalue weighted by atomic mass is 35.5. The summed E-state index contributed by atoms with van der Waals surface area (Å²) >= 11 is 5.73. The highest BCUT2D eigenvalue weighted by molar-refractivity contribution is 6.30. The first-order valence-corrected chi connectivity index (χ1v) is 6.70. The van der Waals surface area contributed by atoms with E-state index in [1.165, 1.54) is 12.1 Å². The lowest BCUT2D eigenvalue weighted by molar-refractivity contribution is 0.190. The Kier molecular flexibility index (Phi) is 4.63. The lowest BCUT2D eigenvalue weighted by atomic mass is 10.1. The summed E-state index contributed by atoms with van der Waals surface area (Å²) in [6, 6.07) is 10.1. The highest BCUT2D eigenvalue weighted by Gasteiger charge is 2.10. The normalized spacial score (nSPS) is 12.2. The standard InChI is InChI=1S/C16H16ClFO2/c1-10-3-6-16(13(7-10)11(2)19)20-9-12-4-5-15(18)14(17)8-12/h3-8,11,19H,9H2,1-2H3. The molecule has 2 aromatic carbocycles. The number of aliphatic hydroxyl groups is 1. The van der Waals surface area contributed by atoms with Crippen LogP contribution < -0.4 is 4.74 Å². The molecule has 0 heterocycles. The SMILES string of the molecule is Cc1ccc(OCc2ccc(F)c(Cl)c2)c(C(C)O)c1. The van der Waals surface area contributed by atoms with E-state index in [0.717, 1.165) is 16.7 Å². The maximum absolute atomic E-state index is 13.1. The molecule has 0 spiro atoms. The van der Waals surface area contributed by atoms with Crippen LogP contribution in [0.3, 0.4) is 0 Å². The molecule has 0 amide bonds. The van der Waals surface area contributed by atoms with Gasteiger partial charge in [-0.15, -0.1) is 0 Å². The zero-order valence-corrected chi connectivity index (χ0v) is 12.1. The Morgan fingerprint density at radius 3 is 2.65 bits per heavy atom. The molecule has 2 aromatic rings. The Morgan fingerprint density at radius 1 is 1.25 bits per heavy atom. The van der Waals surface area contributed by atoms with Crippen LogP contribution in [-0.2, 0) is 6.61 Å². The zero-order chi connectivity index (χ0) is 14.7. The van der Waals surface area contributed by atoms with Crippen molar-refractivity contribution in [3.63, 3.8) is 0 Å². The minimum absolute atomic E-state index is 0.0748. The Morgan fingerprint density at radius 2 is 2.00 bits per heavy atom. The number of ether oxygens (including phenoxy) is 1. The van der Waals surface area contributed by atoms with Gasteiger partial charge in [0.05, 0.1) is 11.1 Å². The molecule has 0 saturated heterocycles. The third-order valence-corrected chi connectivity index (χ3v) is 3.28. The molecule has 2 nitrogen and oxygen atoms in total. The van der Waals surface area contributed by atoms with Gasteiger partial charge in [0.2, 0.25) is 0 Å². The molecule has 0 aliphatic carbocycles. The van der Waals surface area contributed by atoms with Crippen LogP contribution >= 0.6 is 11.6 Å². The fourth-order valence-electron chi connectivity index (χ4n) is 1.92. The van der Waals surface area contributed by atoms with E-state index in [1.807, 2.05) is 25.1 Å². The van der Waals surface area contributed by atoms with Crippen molar-refractivity contribution in [3.05, 3.63) is 63.9 Å². The quantitative estimate of drug-likeness (QED) is 0.904. The summed E-state index contributed by atoms with van der Waals surface area (Å²) in [5, 5.41) is 9.83. The third kappa shape index (κ3) is 3.50. The average Bonchev–Trinajstić information content (AvgIpc) is 2.41. The molecule has 0 aliphatic rings. The van der Waals surface area contributed by atoms with E-state index < -0.39 is 11.9 Å². The predicted molar refractivity (Wildman–Crippen MR) is 77.6 cm³/mol. The number of hydrogen-bond acceptors (Lipinski definition) is 2. The number of rotatable bonds is 4. The van der Waals surface area contributed by atoms with Gasteiger partial charge in [0.15, 0.2) is 0 Å². The molecule has 4 heteroatoms. The lowest BCUT2D eigenvalue weighted by Gasteiger charge is -2.14. The molecule has 0 aromatic heterocycles. The molecular weight excluding hydrogens is 279 g/mol. The molecule has 1 unspecified atom stereocenters. The summed E-state index contributed by atoms with van der Waals surface area (Å²) in [5.41, 5.74) is 2.56. The summed E-state index contributed by atoms with van der Waals surface area (Å²) in [7, 11) is 0. The number of aryl methyl sites for hydroxylation is 1. The molecule has 0 radical (unpaired) electrons. The minimum Gasteiger partial charge on any atom is -0.489 e. The van der Waals surface area contributed by atoms with E-state index in [2.05, 4.69) is 0 Å². The van der Waals surface area contributed by atoms with Gasteiger partial charge in [-0.1, -0.05) is 29.3 Å². The summed E-state index contributed by atoms with van der Waals surface area (Å²) in [6.07, 6.45) is -0.610. The van der Waals surface area contributed by atoms with Gasteiger partial charge in [0.1, 0.15) is 18.2 Å². The largest absolute Gasteiger partial charge is 0.489 e. The maximum Gasteiger partial charge on any atom is 0.141 e. The first-order chi connectivity index (χ1) is 9.47. The monoisotopic (exact) mass is 294 g/mol. The molecule has 20 heavy (non-hydrogen) atoms. The predicted octanol–water partition coefficient (Wildman–Crippen LogP) is 4.42. The molecule has 1 atom stereocenters. The number of benzene rings is 2. The summed E-state index contributed by atoms with van der Waals surface area (Å²) < 4.78 is 18.8. The van der Waals surface area contributed by atoms with Gasteiger partial charge in [0.25, 0.3) is 0 Å². The lowest BCUT2D eigenvalue weighted by Crippen LogP contribution is -2.01. The Hall–Kier alpha value is -1.58. The van der Waals surface area contributed by atoms with Crippen molar-refractivity contribution in [2.45, 2.75) is 26.6 Å². The fourth-order valence-corrected chi connectivity index (χ4v) is 2.12. The second kappa shape index (κ2) is 6.25. The smallest absolute Gasteiger partial charge is 0.141 e. The van der Waals surface area contributed by atoms with Crippen molar-refractivity contribution in [3.8, 4) is 5.75 Å². The molecule has 0 saturated carbocycles. The Labute approximate surface area is 122 Å². The van der Waals surface area contributed by atoms with Crippen molar-refractivity contribution in [1.82, 2.24) is 0 Å². The van der Waals surface area contributed by atoms with Gasteiger partial charge < -0.3 is 9.84 Å². The molecular formula is C16H16ClFO2. The van der Waals surface area contributed by atoms with Crippen LogP contribution in [0, 0.1) is 12.7 Å². The molecule has 0 fully saturated rings. The van der Waals surface area contributed by atoms with Gasteiger partial charge in [-0.3, -0.25) is 0 Å². The van der Waals surface area contributed by atoms with E-state index in [4.69, 9.17) is 16.3 Å². The first kappa shape index (κ1) is 14.8. The summed E-state index contributed by atoms with van der Waals surface area (Å²) in [6.45, 7) is 3.91. The summed E-state index contributed by atoms with van der Waals surface area (Å²) in [4.78, 5) is 0. The van der Waals surface area contributed by atoms with Crippen molar-refractivity contribution in [2.24, 2.45) is 0 Å². The molecule has 0 aliphatic heterocycles. The fraction of sp³-hybridized carbons (Fsp3) is 0.250. The van der Waals surface area contributed by atoms with Crippen molar-refractivity contribution >= 4 is 11.6 Å². The van der Waals surface area contributed by atoms with Crippen LogP contribution in [-0.4, -0.2) is 5.11 Å². The Balaban J connectivity index is 2.16. The first-order valence-electron chi connectivity index (χ1n) is 6.32. The second-order valence-corrected chi connectivity index (χ2v) is 5.16. The molecule has 106 valence electrons. The van der Waals surface area contributed by atoms with Crippen molar-refractivity contribution in [2.75, 3.05) is 0 Å². The van der Waals surface area contributed by atoms with E-state index in [9.17, 15) is 9.50 Å². The third-order valence-electron chi connectivity index (χ3n) is 2.99. The highest BCUT2D eigenvalue weighted by Crippen LogP contribution is 2.27. The van der Waals surface area contributed by atoms with Gasteiger partial charge >= 0.3 is 0 Å². The van der Waals surface area contributed by atoms with E-state index in [0.29, 0.717) is 5.75 Å².